The Morgan fingerprint density at radius 2 is 1.56 bits per heavy atom. The van der Waals surface area contributed by atoms with Gasteiger partial charge in [0.1, 0.15) is 35.1 Å². The molecule has 5 aliphatic heterocycles. The molecule has 2 unspecified atom stereocenters. The summed E-state index contributed by atoms with van der Waals surface area (Å²) in [6, 6.07) is 3.28. The van der Waals surface area contributed by atoms with Crippen LogP contribution >= 0.6 is 0 Å². The Morgan fingerprint density at radius 1 is 0.881 bits per heavy atom. The number of hydrogen-bond acceptors (Lipinski definition) is 20. The molecule has 4 fully saturated rings. The number of piperazine rings is 1. The van der Waals surface area contributed by atoms with Crippen LogP contribution in [0.1, 0.15) is 143 Å². The summed E-state index contributed by atoms with van der Waals surface area (Å²) in [7, 11) is 7.15. The lowest BCUT2D eigenvalue weighted by Gasteiger charge is -2.49. The van der Waals surface area contributed by atoms with Gasteiger partial charge in [0.05, 0.1) is 54.5 Å². The highest BCUT2D eigenvalue weighted by Gasteiger charge is 2.54. The van der Waals surface area contributed by atoms with Gasteiger partial charge in [-0.1, -0.05) is 26.8 Å². The number of carbonyl (C=O) groups excluding carboxylic acids is 3. The van der Waals surface area contributed by atoms with Crippen molar-refractivity contribution >= 4 is 28.8 Å². The Labute approximate surface area is 498 Å². The van der Waals surface area contributed by atoms with Crippen molar-refractivity contribution in [3.8, 4) is 0 Å². The minimum atomic E-state index is -1.85. The van der Waals surface area contributed by atoms with Gasteiger partial charge in [-0.2, -0.15) is 0 Å². The van der Waals surface area contributed by atoms with Gasteiger partial charge in [0.15, 0.2) is 18.7 Å². The second-order valence-corrected chi connectivity index (χ2v) is 26.2. The molecule has 0 amide bonds. The van der Waals surface area contributed by atoms with Crippen LogP contribution in [0.15, 0.2) is 23.1 Å². The monoisotopic (exact) mass is 1190 g/mol. The summed E-state index contributed by atoms with van der Waals surface area (Å²) in [4.78, 5) is 63.3. The molecule has 4 N–H and O–H groups in total. The number of ether oxygens (including phenoxy) is 8. The summed E-state index contributed by atoms with van der Waals surface area (Å²) < 4.78 is 52.6. The molecule has 5 aliphatic rings. The average molecular weight is 1190 g/mol. The lowest BCUT2D eigenvalue weighted by Crippen LogP contribution is -2.61. The number of likely N-dealkylation sites (N-methyl/N-ethyl adjacent to an activating group) is 2. The molecule has 7 rings (SSSR count). The van der Waals surface area contributed by atoms with Gasteiger partial charge in [-0.15, -0.1) is 0 Å². The lowest BCUT2D eigenvalue weighted by molar-refractivity contribution is -0.318. The normalized spacial score (nSPS) is 37.3. The van der Waals surface area contributed by atoms with E-state index in [4.69, 9.17) is 37.9 Å². The van der Waals surface area contributed by atoms with Crippen molar-refractivity contribution in [3.63, 3.8) is 0 Å². The molecular formula is C63H103N5O16. The van der Waals surface area contributed by atoms with Gasteiger partial charge in [0.25, 0.3) is 0 Å². The van der Waals surface area contributed by atoms with E-state index in [9.17, 15) is 39.6 Å². The molecular weight excluding hydrogens is 1080 g/mol. The molecule has 0 saturated carbocycles. The molecule has 0 radical (unpaired) electrons. The Hall–Kier alpha value is -3.68. The third-order valence-electron chi connectivity index (χ3n) is 19.1. The first-order valence-corrected chi connectivity index (χ1v) is 31.1. The first-order valence-electron chi connectivity index (χ1n) is 31.1. The molecule has 84 heavy (non-hydrogen) atoms. The van der Waals surface area contributed by atoms with Gasteiger partial charge in [-0.3, -0.25) is 14.4 Å². The predicted molar refractivity (Wildman–Crippen MR) is 316 cm³/mol. The van der Waals surface area contributed by atoms with Gasteiger partial charge in [0, 0.05) is 88.9 Å². The summed E-state index contributed by atoms with van der Waals surface area (Å²) >= 11 is 0. The molecule has 1 aromatic carbocycles. The fourth-order valence-electron chi connectivity index (χ4n) is 14.1. The van der Waals surface area contributed by atoms with E-state index in [1.165, 1.54) is 6.92 Å². The van der Waals surface area contributed by atoms with E-state index in [0.29, 0.717) is 24.9 Å². The molecule has 21 heteroatoms. The number of aliphatic hydroxyl groups excluding tert-OH is 2. The average Bonchev–Trinajstić information content (AvgIpc) is 3.01. The molecule has 6 heterocycles. The van der Waals surface area contributed by atoms with Gasteiger partial charge >= 0.3 is 17.9 Å². The van der Waals surface area contributed by atoms with E-state index in [0.717, 1.165) is 81.6 Å². The number of nitrogens with zero attached hydrogens (tertiary/aromatic N) is 5. The second-order valence-electron chi connectivity index (χ2n) is 26.2. The van der Waals surface area contributed by atoms with Crippen molar-refractivity contribution in [2.24, 2.45) is 17.8 Å². The van der Waals surface area contributed by atoms with Crippen LogP contribution in [-0.2, 0) is 66.9 Å². The minimum absolute atomic E-state index is 0.0744. The number of benzene rings is 1. The maximum atomic E-state index is 14.7. The number of aromatic nitrogens is 1. The molecule has 4 saturated heterocycles. The Morgan fingerprint density at radius 3 is 2.20 bits per heavy atom. The number of aryl methyl sites for hydroxylation is 3. The van der Waals surface area contributed by atoms with Crippen LogP contribution in [0.3, 0.4) is 0 Å². The molecule has 0 aliphatic carbocycles. The van der Waals surface area contributed by atoms with Crippen LogP contribution < -0.4 is 5.43 Å². The first-order chi connectivity index (χ1) is 39.5. The summed E-state index contributed by atoms with van der Waals surface area (Å²) in [5.74, 6) is -3.80. The highest BCUT2D eigenvalue weighted by molar-refractivity contribution is 5.95. The largest absolute Gasteiger partial charge is 0.462 e. The minimum Gasteiger partial charge on any atom is -0.462 e. The maximum absolute atomic E-state index is 14.7. The van der Waals surface area contributed by atoms with E-state index in [2.05, 4.69) is 15.9 Å². The zero-order chi connectivity index (χ0) is 61.7. The fourth-order valence-corrected chi connectivity index (χ4v) is 14.1. The standard InChI is InChI=1S/C63H103N5O16/c1-16-48-63(11,76)55(72)41(7)65(14)35-37(3)33-61(9,75)56(84-60-53(71)47(64(12)13)30-38(4)79-60)39(5)54(40(6)58(73)81-48)83-50-34-62(10,77-15)57(42(8)80-50)82-49(69)22-25-67-28-26-66(27-29-67)23-18-20-43-31-44-21-19-24-68-36-46(59(74)78-17-2)52(70)45(32-43)51(44)68/h31-32,36-42,47-48,50,53-57,60,71-72,75-76H,16-30,33-35H2,1-15H3/t37-,38-,39+,40-,41-,42+,47+,48-,50?,53-,54+,55-,56-,57+,60?,61-,62+,63-/m1/s1. The smallest absolute Gasteiger partial charge is 0.343 e. The third-order valence-corrected chi connectivity index (χ3v) is 19.1. The molecule has 21 nitrogen and oxygen atoms in total. The Balaban J connectivity index is 1.01. The van der Waals surface area contributed by atoms with Crippen LogP contribution in [-0.4, -0.2) is 233 Å². The number of esters is 3. The number of cyclic esters (lactones) is 1. The van der Waals surface area contributed by atoms with Crippen molar-refractivity contribution in [2.45, 2.75) is 231 Å². The summed E-state index contributed by atoms with van der Waals surface area (Å²) in [5.41, 5.74) is -1.64. The van der Waals surface area contributed by atoms with Crippen molar-refractivity contribution in [1.29, 1.82) is 0 Å². The molecule has 1 aromatic heterocycles. The Bertz CT molecular complexity index is 2590. The fraction of sp³-hybridized carbons (Fsp3) is 0.810. The molecule has 0 spiro atoms. The van der Waals surface area contributed by atoms with Crippen LogP contribution in [0.25, 0.3) is 10.9 Å². The molecule has 476 valence electrons. The SMILES string of the molecule is CCOC(=O)c1cn2c3c(cc(CCCN4CCN(CCC(=O)O[C@H]5[C@H](C)OC(O[C@H]6[C@H](C)[C@@H](OC7O[C@H](C)C[C@H](N(C)C)[C@H]7O)[C@](C)(O)C[C@@H](C)CN(C)[C@H](C)[C@@H](O)[C@](C)(O)[C@@H](CC)OC(=O)[C@@H]6C)C[C@]5(C)OC)CC4)cc3c1=O)CCC2. The zero-order valence-corrected chi connectivity index (χ0v) is 53.0. The summed E-state index contributed by atoms with van der Waals surface area (Å²) in [6.07, 6.45) is -3.48. The topological polar surface area (TPSA) is 241 Å². The zero-order valence-electron chi connectivity index (χ0n) is 53.0. The predicted octanol–water partition coefficient (Wildman–Crippen LogP) is 4.53. The molecule has 18 atom stereocenters. The number of rotatable bonds is 17. The van der Waals surface area contributed by atoms with E-state index < -0.39 is 108 Å². The number of aliphatic hydroxyl groups is 4. The number of methoxy groups -OCH3 is 1. The van der Waals surface area contributed by atoms with Crippen molar-refractivity contribution < 1.29 is 72.7 Å². The highest BCUT2D eigenvalue weighted by atomic mass is 16.7. The van der Waals surface area contributed by atoms with E-state index >= 15 is 0 Å². The quantitative estimate of drug-likeness (QED) is 0.126. The number of hydrogen-bond donors (Lipinski definition) is 4. The highest BCUT2D eigenvalue weighted by Crippen LogP contribution is 2.41. The number of carbonyl (C=O) groups is 3. The summed E-state index contributed by atoms with van der Waals surface area (Å²) in [5, 5.41) is 48.9. The van der Waals surface area contributed by atoms with E-state index in [1.807, 2.05) is 69.3 Å². The van der Waals surface area contributed by atoms with Crippen LogP contribution in [0.4, 0.5) is 0 Å². The van der Waals surface area contributed by atoms with Crippen LogP contribution in [0.2, 0.25) is 0 Å². The van der Waals surface area contributed by atoms with Crippen molar-refractivity contribution in [1.82, 2.24) is 24.2 Å². The first kappa shape index (κ1) is 67.8. The van der Waals surface area contributed by atoms with E-state index in [1.54, 1.807) is 54.8 Å². The molecule has 2 aromatic rings. The van der Waals surface area contributed by atoms with Gasteiger partial charge in [0.2, 0.25) is 5.43 Å². The maximum Gasteiger partial charge on any atom is 0.343 e. The molecule has 0 bridgehead atoms. The van der Waals surface area contributed by atoms with Crippen LogP contribution in [0.5, 0.6) is 0 Å². The third kappa shape index (κ3) is 15.6. The Kier molecular flexibility index (Phi) is 23.1. The lowest BCUT2D eigenvalue weighted by atomic mass is 9.77. The van der Waals surface area contributed by atoms with E-state index in [-0.39, 0.29) is 61.3 Å². The van der Waals surface area contributed by atoms with Gasteiger partial charge < -0.3 is 82.5 Å². The second kappa shape index (κ2) is 28.6. The summed E-state index contributed by atoms with van der Waals surface area (Å²) in [6.45, 7) is 25.5. The number of pyridine rings is 1. The van der Waals surface area contributed by atoms with Gasteiger partial charge in [-0.25, -0.2) is 4.79 Å². The van der Waals surface area contributed by atoms with Crippen molar-refractivity contribution in [2.75, 3.05) is 80.7 Å². The van der Waals surface area contributed by atoms with Crippen LogP contribution in [0, 0.1) is 17.8 Å². The van der Waals surface area contributed by atoms with Gasteiger partial charge in [-0.05, 0) is 151 Å². The van der Waals surface area contributed by atoms with Crippen molar-refractivity contribution in [3.05, 3.63) is 45.2 Å².